The van der Waals surface area contributed by atoms with E-state index in [0.717, 1.165) is 23.4 Å². The van der Waals surface area contributed by atoms with Crippen LogP contribution in [0.3, 0.4) is 0 Å². The number of halogens is 2. The molecule has 1 aliphatic heterocycles. The molecule has 1 fully saturated rings. The zero-order chi connectivity index (χ0) is 14.7. The van der Waals surface area contributed by atoms with Crippen LogP contribution in [-0.4, -0.2) is 41.7 Å². The number of hydrogen-bond acceptors (Lipinski definition) is 4. The number of morpholine rings is 1. The van der Waals surface area contributed by atoms with Crippen molar-refractivity contribution < 1.29 is 9.53 Å². The Labute approximate surface area is 147 Å². The van der Waals surface area contributed by atoms with Crippen molar-refractivity contribution in [1.29, 1.82) is 0 Å². The molecule has 6 nitrogen and oxygen atoms in total. The number of benzene rings is 1. The van der Waals surface area contributed by atoms with Crippen molar-refractivity contribution in [3.63, 3.8) is 0 Å². The summed E-state index contributed by atoms with van der Waals surface area (Å²) in [6.07, 6.45) is 0.421. The first-order valence-electron chi connectivity index (χ1n) is 7.27. The molecule has 0 bridgehead atoms. The molecule has 2 aromatic rings. The van der Waals surface area contributed by atoms with Gasteiger partial charge in [0.2, 0.25) is 5.91 Å². The Bertz CT molecular complexity index is 596. The normalized spacial score (nSPS) is 18.6. The monoisotopic (exact) mass is 360 g/mol. The topological polar surface area (TPSA) is 79.0 Å². The Morgan fingerprint density at radius 2 is 2.22 bits per heavy atom. The predicted octanol–water partition coefficient (Wildman–Crippen LogP) is 1.96. The summed E-state index contributed by atoms with van der Waals surface area (Å²) in [6.45, 7) is 4.04. The molecule has 3 N–H and O–H groups in total. The molecule has 2 heterocycles. The number of carbonyl (C=O) groups is 1. The molecule has 1 saturated heterocycles. The quantitative estimate of drug-likeness (QED) is 0.778. The molecule has 0 spiro atoms. The van der Waals surface area contributed by atoms with E-state index < -0.39 is 0 Å². The van der Waals surface area contributed by atoms with Crippen LogP contribution in [0.25, 0.3) is 11.0 Å². The van der Waals surface area contributed by atoms with Crippen LogP contribution in [0.15, 0.2) is 24.3 Å². The zero-order valence-electron chi connectivity index (χ0n) is 12.9. The molecule has 1 aliphatic rings. The first kappa shape index (κ1) is 19.7. The molecule has 1 aromatic heterocycles. The first-order valence-corrected chi connectivity index (χ1v) is 7.27. The van der Waals surface area contributed by atoms with Gasteiger partial charge in [-0.05, 0) is 19.1 Å². The Hall–Kier alpha value is -1.34. The van der Waals surface area contributed by atoms with Gasteiger partial charge in [0.25, 0.3) is 0 Å². The van der Waals surface area contributed by atoms with Crippen LogP contribution < -0.4 is 10.6 Å². The van der Waals surface area contributed by atoms with Gasteiger partial charge in [0, 0.05) is 19.0 Å². The number of aromatic nitrogens is 2. The number of H-pyrrole nitrogens is 1. The summed E-state index contributed by atoms with van der Waals surface area (Å²) >= 11 is 0. The zero-order valence-corrected chi connectivity index (χ0v) is 14.5. The molecule has 0 saturated carbocycles. The van der Waals surface area contributed by atoms with Gasteiger partial charge in [0.15, 0.2) is 0 Å². The lowest BCUT2D eigenvalue weighted by molar-refractivity contribution is -0.123. The fourth-order valence-corrected chi connectivity index (χ4v) is 2.52. The van der Waals surface area contributed by atoms with Crippen LogP contribution in [-0.2, 0) is 9.53 Å². The van der Waals surface area contributed by atoms with Gasteiger partial charge in [-0.2, -0.15) is 0 Å². The van der Waals surface area contributed by atoms with Crippen LogP contribution >= 0.6 is 24.8 Å². The summed E-state index contributed by atoms with van der Waals surface area (Å²) < 4.78 is 5.35. The Morgan fingerprint density at radius 1 is 1.43 bits per heavy atom. The highest BCUT2D eigenvalue weighted by molar-refractivity contribution is 5.85. The third kappa shape index (κ3) is 5.07. The fourth-order valence-electron chi connectivity index (χ4n) is 2.52. The molecule has 3 rings (SSSR count). The van der Waals surface area contributed by atoms with Crippen molar-refractivity contribution in [2.45, 2.75) is 25.4 Å². The van der Waals surface area contributed by atoms with Gasteiger partial charge in [-0.3, -0.25) is 4.79 Å². The van der Waals surface area contributed by atoms with Crippen LogP contribution in [0.1, 0.15) is 25.2 Å². The smallest absolute Gasteiger partial charge is 0.222 e. The lowest BCUT2D eigenvalue weighted by atomic mass is 10.2. The highest BCUT2D eigenvalue weighted by Gasteiger charge is 2.19. The number of para-hydroxylation sites is 2. The second-order valence-corrected chi connectivity index (χ2v) is 5.36. The minimum absolute atomic E-state index is 0. The molecule has 1 amide bonds. The van der Waals surface area contributed by atoms with Gasteiger partial charge >= 0.3 is 0 Å². The van der Waals surface area contributed by atoms with Crippen LogP contribution in [0.4, 0.5) is 0 Å². The van der Waals surface area contributed by atoms with Crippen molar-refractivity contribution >= 4 is 41.8 Å². The SMILES string of the molecule is CC(NC(=O)CC1COCCN1)c1nc2ccccc2[nH]1.Cl.Cl. The van der Waals surface area contributed by atoms with Gasteiger partial charge in [-0.1, -0.05) is 12.1 Å². The first-order chi connectivity index (χ1) is 10.2. The molecule has 128 valence electrons. The van der Waals surface area contributed by atoms with Gasteiger partial charge in [0.1, 0.15) is 5.82 Å². The molecular formula is C15H22Cl2N4O2. The third-order valence-corrected chi connectivity index (χ3v) is 3.63. The number of amides is 1. The number of nitrogens with one attached hydrogen (secondary N) is 3. The lowest BCUT2D eigenvalue weighted by Gasteiger charge is -2.23. The van der Waals surface area contributed by atoms with Gasteiger partial charge in [-0.25, -0.2) is 4.98 Å². The number of aromatic amines is 1. The summed E-state index contributed by atoms with van der Waals surface area (Å²) in [5.74, 6) is 0.781. The predicted molar refractivity (Wildman–Crippen MR) is 94.4 cm³/mol. The largest absolute Gasteiger partial charge is 0.378 e. The summed E-state index contributed by atoms with van der Waals surface area (Å²) in [7, 11) is 0. The van der Waals surface area contributed by atoms with Crippen molar-refractivity contribution in [1.82, 2.24) is 20.6 Å². The summed E-state index contributed by atoms with van der Waals surface area (Å²) in [5, 5.41) is 6.25. The van der Waals surface area contributed by atoms with Gasteiger partial charge < -0.3 is 20.4 Å². The maximum absolute atomic E-state index is 12.1. The molecule has 1 aromatic carbocycles. The lowest BCUT2D eigenvalue weighted by Crippen LogP contribution is -2.44. The van der Waals surface area contributed by atoms with Crippen LogP contribution in [0.5, 0.6) is 0 Å². The van der Waals surface area contributed by atoms with E-state index in [9.17, 15) is 4.79 Å². The molecule has 8 heteroatoms. The van der Waals surface area contributed by atoms with Crippen molar-refractivity contribution in [2.24, 2.45) is 0 Å². The Morgan fingerprint density at radius 3 is 2.91 bits per heavy atom. The maximum atomic E-state index is 12.1. The number of imidazole rings is 1. The highest BCUT2D eigenvalue weighted by atomic mass is 35.5. The van der Waals surface area contributed by atoms with Gasteiger partial charge in [-0.15, -0.1) is 24.8 Å². The van der Waals surface area contributed by atoms with Crippen LogP contribution in [0, 0.1) is 0 Å². The van der Waals surface area contributed by atoms with Gasteiger partial charge in [0.05, 0.1) is 30.3 Å². The van der Waals surface area contributed by atoms with Crippen LogP contribution in [0.2, 0.25) is 0 Å². The number of fused-ring (bicyclic) bond motifs is 1. The van der Waals surface area contributed by atoms with E-state index in [-0.39, 0.29) is 42.8 Å². The summed E-state index contributed by atoms with van der Waals surface area (Å²) in [5.41, 5.74) is 1.90. The van der Waals surface area contributed by atoms with E-state index >= 15 is 0 Å². The van der Waals surface area contributed by atoms with Crippen molar-refractivity contribution in [3.05, 3.63) is 30.1 Å². The van der Waals surface area contributed by atoms with E-state index in [2.05, 4.69) is 20.6 Å². The maximum Gasteiger partial charge on any atom is 0.222 e. The number of rotatable bonds is 4. The summed E-state index contributed by atoms with van der Waals surface area (Å²) in [4.78, 5) is 19.8. The highest BCUT2D eigenvalue weighted by Crippen LogP contribution is 2.15. The fraction of sp³-hybridized carbons (Fsp3) is 0.467. The summed E-state index contributed by atoms with van der Waals surface area (Å²) in [6, 6.07) is 7.79. The van der Waals surface area contributed by atoms with E-state index in [1.165, 1.54) is 0 Å². The molecule has 0 aliphatic carbocycles. The van der Waals surface area contributed by atoms with E-state index in [1.54, 1.807) is 0 Å². The Kier molecular flexibility index (Phi) is 7.78. The molecule has 0 radical (unpaired) electrons. The molecule has 2 unspecified atom stereocenters. The number of hydrogen-bond donors (Lipinski definition) is 3. The second kappa shape index (κ2) is 9.08. The van der Waals surface area contributed by atoms with E-state index in [4.69, 9.17) is 4.74 Å². The van der Waals surface area contributed by atoms with E-state index in [0.29, 0.717) is 19.6 Å². The minimum Gasteiger partial charge on any atom is -0.378 e. The average Bonchev–Trinajstić information content (AvgIpc) is 2.92. The second-order valence-electron chi connectivity index (χ2n) is 5.36. The van der Waals surface area contributed by atoms with E-state index in [1.807, 2.05) is 31.2 Å². The number of nitrogens with zero attached hydrogens (tertiary/aromatic N) is 1. The molecular weight excluding hydrogens is 339 g/mol. The third-order valence-electron chi connectivity index (χ3n) is 3.63. The standard InChI is InChI=1S/C15H20N4O2.2ClH/c1-10(15-18-12-4-2-3-5-13(12)19-15)17-14(20)8-11-9-21-7-6-16-11;;/h2-5,10-11,16H,6-9H2,1H3,(H,17,20)(H,18,19);2*1H. The molecule has 23 heavy (non-hydrogen) atoms. The Balaban J connectivity index is 0.00000132. The average molecular weight is 361 g/mol. The van der Waals surface area contributed by atoms with Crippen molar-refractivity contribution in [3.8, 4) is 0 Å². The van der Waals surface area contributed by atoms with Crippen molar-refractivity contribution in [2.75, 3.05) is 19.8 Å². The number of ether oxygens (including phenoxy) is 1. The molecule has 2 atom stereocenters. The minimum atomic E-state index is -0.144. The number of carbonyl (C=O) groups excluding carboxylic acids is 1.